The average molecular weight is 323 g/mol. The number of nitrogens with zero attached hydrogens (tertiary/aromatic N) is 2. The zero-order valence-corrected chi connectivity index (χ0v) is 13.0. The van der Waals surface area contributed by atoms with E-state index >= 15 is 0 Å². The summed E-state index contributed by atoms with van der Waals surface area (Å²) in [5.74, 6) is 0.153. The maximum Gasteiger partial charge on any atom is 0.287 e. The zero-order valence-electron chi connectivity index (χ0n) is 11.5. The van der Waals surface area contributed by atoms with Gasteiger partial charge in [0.25, 0.3) is 5.56 Å². The summed E-state index contributed by atoms with van der Waals surface area (Å²) in [6.07, 6.45) is 1.79. The van der Waals surface area contributed by atoms with Crippen molar-refractivity contribution in [1.29, 1.82) is 0 Å². The third kappa shape index (κ3) is 5.48. The minimum Gasteiger partial charge on any atom is -0.382 e. The lowest BCUT2D eigenvalue weighted by Crippen LogP contribution is -2.26. The van der Waals surface area contributed by atoms with Crippen molar-refractivity contribution in [2.75, 3.05) is 17.6 Å². The lowest BCUT2D eigenvalue weighted by atomic mass is 10.2. The van der Waals surface area contributed by atoms with E-state index < -0.39 is 10.0 Å². The number of sulfonamides is 1. The highest BCUT2D eigenvalue weighted by Gasteiger charge is 2.10. The Morgan fingerprint density at radius 2 is 2.15 bits per heavy atom. The standard InChI is InChI=1S/C11H19ClN4O3S/c1-8(2)7-16-11(17)10(12)9(6-15-16)14-4-3-5-20(13,18)19/h6,8,14H,3-5,7H2,1-2H3,(H2,13,18,19). The summed E-state index contributed by atoms with van der Waals surface area (Å²) in [4.78, 5) is 11.9. The van der Waals surface area contributed by atoms with Crippen molar-refractivity contribution >= 4 is 27.3 Å². The molecule has 1 heterocycles. The zero-order chi connectivity index (χ0) is 15.3. The van der Waals surface area contributed by atoms with Crippen molar-refractivity contribution in [3.63, 3.8) is 0 Å². The molecule has 114 valence electrons. The highest BCUT2D eigenvalue weighted by atomic mass is 35.5. The Hall–Kier alpha value is -1.12. The molecule has 0 aliphatic rings. The molecule has 9 heteroatoms. The van der Waals surface area contributed by atoms with Crippen molar-refractivity contribution in [2.24, 2.45) is 11.1 Å². The molecule has 0 radical (unpaired) electrons. The molecule has 1 aromatic rings. The summed E-state index contributed by atoms with van der Waals surface area (Å²) in [6, 6.07) is 0. The van der Waals surface area contributed by atoms with Crippen LogP contribution in [0.25, 0.3) is 0 Å². The van der Waals surface area contributed by atoms with E-state index in [0.29, 0.717) is 25.2 Å². The number of primary sulfonamides is 1. The summed E-state index contributed by atoms with van der Waals surface area (Å²) in [6.45, 7) is 4.78. The minimum atomic E-state index is -3.47. The second kappa shape index (κ2) is 7.05. The number of hydrogen-bond donors (Lipinski definition) is 2. The predicted octanol–water partition coefficient (Wildman–Crippen LogP) is 0.643. The Morgan fingerprint density at radius 1 is 1.50 bits per heavy atom. The van der Waals surface area contributed by atoms with Crippen LogP contribution in [-0.4, -0.2) is 30.5 Å². The molecule has 0 spiro atoms. The number of anilines is 1. The Kier molecular flexibility index (Phi) is 5.97. The minimum absolute atomic E-state index is 0.0521. The van der Waals surface area contributed by atoms with Crippen LogP contribution in [0.5, 0.6) is 0 Å². The van der Waals surface area contributed by atoms with Gasteiger partial charge in [-0.25, -0.2) is 18.2 Å². The maximum absolute atomic E-state index is 11.9. The van der Waals surface area contributed by atoms with E-state index in [2.05, 4.69) is 10.4 Å². The molecule has 1 rings (SSSR count). The molecule has 20 heavy (non-hydrogen) atoms. The van der Waals surface area contributed by atoms with Gasteiger partial charge in [0.15, 0.2) is 0 Å². The fourth-order valence-corrected chi connectivity index (χ4v) is 2.32. The van der Waals surface area contributed by atoms with Gasteiger partial charge < -0.3 is 5.32 Å². The van der Waals surface area contributed by atoms with Gasteiger partial charge in [0, 0.05) is 13.1 Å². The van der Waals surface area contributed by atoms with E-state index in [1.54, 1.807) is 0 Å². The number of nitrogens with two attached hydrogens (primary N) is 1. The Labute approximate surface area is 123 Å². The third-order valence-corrected chi connectivity index (χ3v) is 3.67. The van der Waals surface area contributed by atoms with Gasteiger partial charge in [-0.1, -0.05) is 25.4 Å². The van der Waals surface area contributed by atoms with Crippen LogP contribution < -0.4 is 16.0 Å². The fourth-order valence-electron chi connectivity index (χ4n) is 1.56. The first kappa shape index (κ1) is 16.9. The lowest BCUT2D eigenvalue weighted by Gasteiger charge is -2.11. The van der Waals surface area contributed by atoms with Crippen molar-refractivity contribution in [3.8, 4) is 0 Å². The first-order valence-electron chi connectivity index (χ1n) is 6.20. The van der Waals surface area contributed by atoms with Crippen LogP contribution in [0.4, 0.5) is 5.69 Å². The van der Waals surface area contributed by atoms with Gasteiger partial charge in [0.1, 0.15) is 5.02 Å². The number of halogens is 1. The predicted molar refractivity (Wildman–Crippen MR) is 79.4 cm³/mol. The first-order chi connectivity index (χ1) is 9.20. The highest BCUT2D eigenvalue weighted by molar-refractivity contribution is 7.89. The summed E-state index contributed by atoms with van der Waals surface area (Å²) in [7, 11) is -3.47. The number of hydrogen-bond acceptors (Lipinski definition) is 5. The van der Waals surface area contributed by atoms with Crippen LogP contribution >= 0.6 is 11.6 Å². The molecule has 0 atom stereocenters. The molecule has 0 bridgehead atoms. The number of rotatable bonds is 7. The Bertz CT molecular complexity index is 613. The molecule has 0 aliphatic heterocycles. The largest absolute Gasteiger partial charge is 0.382 e. The molecule has 0 saturated heterocycles. The van der Waals surface area contributed by atoms with Crippen molar-refractivity contribution in [2.45, 2.75) is 26.8 Å². The normalized spacial score (nSPS) is 11.8. The number of nitrogens with one attached hydrogen (secondary N) is 1. The molecular formula is C11H19ClN4O3S. The van der Waals surface area contributed by atoms with E-state index in [-0.39, 0.29) is 22.3 Å². The smallest absolute Gasteiger partial charge is 0.287 e. The van der Waals surface area contributed by atoms with Crippen LogP contribution in [-0.2, 0) is 16.6 Å². The summed E-state index contributed by atoms with van der Waals surface area (Å²) in [5, 5.41) is 11.8. The van der Waals surface area contributed by atoms with Gasteiger partial charge in [-0.15, -0.1) is 0 Å². The molecule has 0 saturated carbocycles. The summed E-state index contributed by atoms with van der Waals surface area (Å²) in [5.41, 5.74) is 0.0305. The molecule has 3 N–H and O–H groups in total. The molecule has 0 aromatic carbocycles. The van der Waals surface area contributed by atoms with E-state index in [4.69, 9.17) is 16.7 Å². The van der Waals surface area contributed by atoms with Gasteiger partial charge in [-0.05, 0) is 12.3 Å². The van der Waals surface area contributed by atoms with Crippen LogP contribution in [0.1, 0.15) is 20.3 Å². The van der Waals surface area contributed by atoms with Crippen LogP contribution in [0.15, 0.2) is 11.0 Å². The molecular weight excluding hydrogens is 304 g/mol. The fraction of sp³-hybridized carbons (Fsp3) is 0.636. The van der Waals surface area contributed by atoms with E-state index in [1.165, 1.54) is 10.9 Å². The van der Waals surface area contributed by atoms with Crippen molar-refractivity contribution < 1.29 is 8.42 Å². The van der Waals surface area contributed by atoms with Crippen LogP contribution in [0.3, 0.4) is 0 Å². The molecule has 1 aromatic heterocycles. The maximum atomic E-state index is 11.9. The van der Waals surface area contributed by atoms with E-state index in [0.717, 1.165) is 0 Å². The van der Waals surface area contributed by atoms with Gasteiger partial charge in [-0.3, -0.25) is 4.79 Å². The molecule has 0 aliphatic carbocycles. The average Bonchev–Trinajstić information content (AvgIpc) is 2.31. The lowest BCUT2D eigenvalue weighted by molar-refractivity contribution is 0.464. The summed E-state index contributed by atoms with van der Waals surface area (Å²) < 4.78 is 22.8. The van der Waals surface area contributed by atoms with Crippen molar-refractivity contribution in [1.82, 2.24) is 9.78 Å². The molecule has 0 unspecified atom stereocenters. The molecule has 7 nitrogen and oxygen atoms in total. The molecule has 0 amide bonds. The van der Waals surface area contributed by atoms with Crippen LogP contribution in [0.2, 0.25) is 5.02 Å². The van der Waals surface area contributed by atoms with Gasteiger partial charge in [-0.2, -0.15) is 5.10 Å². The Balaban J connectivity index is 2.69. The topological polar surface area (TPSA) is 107 Å². The summed E-state index contributed by atoms with van der Waals surface area (Å²) >= 11 is 5.97. The van der Waals surface area contributed by atoms with Gasteiger partial charge in [0.2, 0.25) is 10.0 Å². The van der Waals surface area contributed by atoms with E-state index in [1.807, 2.05) is 13.8 Å². The Morgan fingerprint density at radius 3 is 2.70 bits per heavy atom. The van der Waals surface area contributed by atoms with Crippen LogP contribution in [0, 0.1) is 5.92 Å². The number of aromatic nitrogens is 2. The monoisotopic (exact) mass is 322 g/mol. The third-order valence-electron chi connectivity index (χ3n) is 2.44. The van der Waals surface area contributed by atoms with Crippen molar-refractivity contribution in [3.05, 3.63) is 21.6 Å². The SMILES string of the molecule is CC(C)Cn1ncc(NCCCS(N)(=O)=O)c(Cl)c1=O. The second-order valence-corrected chi connectivity index (χ2v) is 7.01. The second-order valence-electron chi connectivity index (χ2n) is 4.90. The quantitative estimate of drug-likeness (QED) is 0.716. The van der Waals surface area contributed by atoms with Gasteiger partial charge in [0.05, 0.1) is 17.6 Å². The first-order valence-corrected chi connectivity index (χ1v) is 8.30. The van der Waals surface area contributed by atoms with Gasteiger partial charge >= 0.3 is 0 Å². The van der Waals surface area contributed by atoms with E-state index in [9.17, 15) is 13.2 Å². The molecule has 0 fully saturated rings. The highest BCUT2D eigenvalue weighted by Crippen LogP contribution is 2.15.